The summed E-state index contributed by atoms with van der Waals surface area (Å²) in [4.78, 5) is 26.4. The molecule has 0 fully saturated rings. The Bertz CT molecular complexity index is 1270. The van der Waals surface area contributed by atoms with E-state index in [0.29, 0.717) is 11.5 Å². The normalized spacial score (nSPS) is 11.0. The monoisotopic (exact) mass is 506 g/mol. The molecular weight excluding hydrogens is 480 g/mol. The van der Waals surface area contributed by atoms with Crippen molar-refractivity contribution in [1.29, 1.82) is 0 Å². The summed E-state index contributed by atoms with van der Waals surface area (Å²) in [5.41, 5.74) is 2.04. The van der Waals surface area contributed by atoms with E-state index in [2.05, 4.69) is 0 Å². The van der Waals surface area contributed by atoms with Gasteiger partial charge in [-0.15, -0.1) is 0 Å². The average molecular weight is 507 g/mol. The molecule has 4 nitrogen and oxygen atoms in total. The summed E-state index contributed by atoms with van der Waals surface area (Å²) in [5, 5.41) is 0. The number of hydrogen-bond acceptors (Lipinski definition) is 5. The Labute approximate surface area is 221 Å². The molecule has 0 aliphatic heterocycles. The zero-order chi connectivity index (χ0) is 25.7. The van der Waals surface area contributed by atoms with Crippen molar-refractivity contribution in [3.63, 3.8) is 0 Å². The van der Waals surface area contributed by atoms with Gasteiger partial charge in [-0.3, -0.25) is 9.59 Å². The molecule has 184 valence electrons. The first-order valence-electron chi connectivity index (χ1n) is 11.9. The number of rotatable bonds is 10. The number of para-hydroxylation sites is 2. The lowest BCUT2D eigenvalue weighted by Gasteiger charge is -2.12. The first-order valence-corrected chi connectivity index (χ1v) is 12.7. The van der Waals surface area contributed by atoms with Gasteiger partial charge in [0.1, 0.15) is 11.5 Å². The molecule has 0 aliphatic carbocycles. The van der Waals surface area contributed by atoms with E-state index in [1.165, 1.54) is 11.8 Å². The molecule has 0 unspecified atom stereocenters. The third-order valence-electron chi connectivity index (χ3n) is 5.15. The van der Waals surface area contributed by atoms with Crippen molar-refractivity contribution in [3.05, 3.63) is 132 Å². The molecule has 0 atom stereocenters. The van der Waals surface area contributed by atoms with Crippen molar-refractivity contribution in [2.75, 3.05) is 0 Å². The fourth-order valence-corrected chi connectivity index (χ4v) is 4.35. The summed E-state index contributed by atoms with van der Waals surface area (Å²) in [6.45, 7) is 0. The van der Waals surface area contributed by atoms with Crippen molar-refractivity contribution < 1.29 is 19.1 Å². The predicted molar refractivity (Wildman–Crippen MR) is 148 cm³/mol. The van der Waals surface area contributed by atoms with Crippen LogP contribution in [-0.2, 0) is 9.59 Å². The zero-order valence-corrected chi connectivity index (χ0v) is 21.0. The van der Waals surface area contributed by atoms with Crippen LogP contribution in [0.3, 0.4) is 0 Å². The molecule has 0 amide bonds. The van der Waals surface area contributed by atoms with Crippen molar-refractivity contribution in [1.82, 2.24) is 0 Å². The maximum atomic E-state index is 12.5. The van der Waals surface area contributed by atoms with Gasteiger partial charge in [0.2, 0.25) is 0 Å². The SMILES string of the molecule is O=C(C/C=C\c1ccccc1)Oc1ccccc1Sc1ccccc1OC(=O)C/C=C\c1ccccc1. The fourth-order valence-electron chi connectivity index (χ4n) is 3.40. The van der Waals surface area contributed by atoms with Crippen LogP contribution in [0.2, 0.25) is 0 Å². The summed E-state index contributed by atoms with van der Waals surface area (Å²) in [7, 11) is 0. The van der Waals surface area contributed by atoms with Crippen molar-refractivity contribution in [2.45, 2.75) is 22.6 Å². The molecule has 4 aromatic carbocycles. The summed E-state index contributed by atoms with van der Waals surface area (Å²) in [6, 6.07) is 34.2. The Balaban J connectivity index is 1.38. The van der Waals surface area contributed by atoms with E-state index in [1.807, 2.05) is 109 Å². The molecule has 0 bridgehead atoms. The molecule has 0 aliphatic rings. The summed E-state index contributed by atoms with van der Waals surface area (Å²) in [6.07, 6.45) is 7.66. The van der Waals surface area contributed by atoms with E-state index in [0.717, 1.165) is 20.9 Å². The Kier molecular flexibility index (Phi) is 9.50. The number of benzene rings is 4. The van der Waals surface area contributed by atoms with Crippen LogP contribution in [0.25, 0.3) is 12.2 Å². The van der Waals surface area contributed by atoms with Crippen LogP contribution in [0.15, 0.2) is 131 Å². The van der Waals surface area contributed by atoms with Crippen molar-refractivity contribution >= 4 is 35.9 Å². The van der Waals surface area contributed by atoms with E-state index in [1.54, 1.807) is 24.3 Å². The Morgan fingerprint density at radius 1 is 0.541 bits per heavy atom. The van der Waals surface area contributed by atoms with E-state index in [9.17, 15) is 9.59 Å². The minimum Gasteiger partial charge on any atom is -0.425 e. The van der Waals surface area contributed by atoms with Crippen LogP contribution in [0.4, 0.5) is 0 Å². The van der Waals surface area contributed by atoms with Crippen LogP contribution in [0.1, 0.15) is 24.0 Å². The van der Waals surface area contributed by atoms with E-state index in [-0.39, 0.29) is 24.8 Å². The number of carbonyl (C=O) groups excluding carboxylic acids is 2. The molecule has 0 saturated heterocycles. The molecule has 0 spiro atoms. The number of ether oxygens (including phenoxy) is 2. The second-order valence-corrected chi connectivity index (χ2v) is 9.06. The van der Waals surface area contributed by atoms with Crippen LogP contribution < -0.4 is 9.47 Å². The largest absolute Gasteiger partial charge is 0.425 e. The van der Waals surface area contributed by atoms with Gasteiger partial charge in [-0.1, -0.05) is 121 Å². The van der Waals surface area contributed by atoms with Crippen LogP contribution in [-0.4, -0.2) is 11.9 Å². The van der Waals surface area contributed by atoms with E-state index >= 15 is 0 Å². The molecule has 0 aromatic heterocycles. The predicted octanol–water partition coefficient (Wildman–Crippen LogP) is 7.86. The number of hydrogen-bond donors (Lipinski definition) is 0. The Hall–Kier alpha value is -4.35. The highest BCUT2D eigenvalue weighted by molar-refractivity contribution is 7.99. The highest BCUT2D eigenvalue weighted by Gasteiger charge is 2.13. The van der Waals surface area contributed by atoms with Crippen molar-refractivity contribution in [2.24, 2.45) is 0 Å². The minimum absolute atomic E-state index is 0.151. The van der Waals surface area contributed by atoms with Gasteiger partial charge in [-0.05, 0) is 35.4 Å². The minimum atomic E-state index is -0.356. The summed E-state index contributed by atoms with van der Waals surface area (Å²) < 4.78 is 11.3. The van der Waals surface area contributed by atoms with E-state index in [4.69, 9.17) is 9.47 Å². The van der Waals surface area contributed by atoms with Gasteiger partial charge in [0.05, 0.1) is 22.6 Å². The second-order valence-electron chi connectivity index (χ2n) is 7.98. The van der Waals surface area contributed by atoms with Crippen LogP contribution in [0, 0.1) is 0 Å². The van der Waals surface area contributed by atoms with Gasteiger partial charge in [0.15, 0.2) is 0 Å². The average Bonchev–Trinajstić information content (AvgIpc) is 2.92. The highest BCUT2D eigenvalue weighted by Crippen LogP contribution is 2.39. The molecular formula is C32H26O4S. The van der Waals surface area contributed by atoms with Gasteiger partial charge >= 0.3 is 11.9 Å². The molecule has 5 heteroatoms. The lowest BCUT2D eigenvalue weighted by Crippen LogP contribution is -2.07. The van der Waals surface area contributed by atoms with Crippen LogP contribution in [0.5, 0.6) is 11.5 Å². The fraction of sp³-hybridized carbons (Fsp3) is 0.0625. The van der Waals surface area contributed by atoms with Gasteiger partial charge in [0.25, 0.3) is 0 Å². The lowest BCUT2D eigenvalue weighted by atomic mass is 10.2. The number of esters is 2. The lowest BCUT2D eigenvalue weighted by molar-refractivity contribution is -0.134. The van der Waals surface area contributed by atoms with Crippen LogP contribution >= 0.6 is 11.8 Å². The highest BCUT2D eigenvalue weighted by atomic mass is 32.2. The molecule has 0 saturated carbocycles. The third kappa shape index (κ3) is 8.37. The number of carbonyl (C=O) groups is 2. The molecule has 4 rings (SSSR count). The van der Waals surface area contributed by atoms with Crippen molar-refractivity contribution in [3.8, 4) is 11.5 Å². The van der Waals surface area contributed by atoms with E-state index < -0.39 is 0 Å². The molecule has 37 heavy (non-hydrogen) atoms. The first kappa shape index (κ1) is 25.7. The molecule has 0 heterocycles. The van der Waals surface area contributed by atoms with Gasteiger partial charge < -0.3 is 9.47 Å². The summed E-state index contributed by atoms with van der Waals surface area (Å²) >= 11 is 1.38. The third-order valence-corrected chi connectivity index (χ3v) is 6.27. The Morgan fingerprint density at radius 2 is 0.919 bits per heavy atom. The summed E-state index contributed by atoms with van der Waals surface area (Å²) in [5.74, 6) is 0.199. The zero-order valence-electron chi connectivity index (χ0n) is 20.2. The molecule has 4 aromatic rings. The quantitative estimate of drug-likeness (QED) is 0.162. The second kappa shape index (κ2) is 13.7. The Morgan fingerprint density at radius 3 is 1.35 bits per heavy atom. The maximum absolute atomic E-state index is 12.5. The standard InChI is InChI=1S/C32H26O4S/c33-31(23-11-17-25-13-3-1-4-14-25)35-27-19-7-9-21-29(27)37-30-22-10-8-20-28(30)36-32(34)24-12-18-26-15-5-2-6-16-26/h1-22H,23-24H2/b17-11-,18-12-. The van der Waals surface area contributed by atoms with Gasteiger partial charge in [-0.25, -0.2) is 0 Å². The van der Waals surface area contributed by atoms with Gasteiger partial charge in [-0.2, -0.15) is 0 Å². The van der Waals surface area contributed by atoms with Gasteiger partial charge in [0, 0.05) is 0 Å². The topological polar surface area (TPSA) is 52.6 Å². The maximum Gasteiger partial charge on any atom is 0.315 e. The smallest absolute Gasteiger partial charge is 0.315 e. The molecule has 0 radical (unpaired) electrons. The first-order chi connectivity index (χ1) is 18.2. The molecule has 0 N–H and O–H groups in total.